The molecular weight excluding hydrogens is 309 g/mol. The zero-order chi connectivity index (χ0) is 16.8. The van der Waals surface area contributed by atoms with Crippen LogP contribution in [0.3, 0.4) is 0 Å². The molecule has 1 aromatic carbocycles. The number of nitro benzene ring substituents is 1. The molecule has 0 saturated heterocycles. The third-order valence-corrected chi connectivity index (χ3v) is 4.70. The average molecular weight is 331 g/mol. The third kappa shape index (κ3) is 5.75. The smallest absolute Gasteiger partial charge is 0.404 e. The molecule has 1 aromatic rings. The Hall–Kier alpha value is -1.43. The predicted octanol–water partition coefficient (Wildman–Crippen LogP) is 4.71. The van der Waals surface area contributed by atoms with Crippen LogP contribution in [0.25, 0.3) is 0 Å². The standard InChI is InChI=1S/C14H22NO6P/c1-5-11(3)19-22(18,20-12(4)6-2)21-14-9-7-13(8-10-14)15(16)17/h7-12H,5-6H2,1-4H3. The molecule has 1 rings (SSSR count). The molecule has 8 heteroatoms. The molecule has 0 amide bonds. The van der Waals surface area contributed by atoms with E-state index in [-0.39, 0.29) is 23.6 Å². The van der Waals surface area contributed by atoms with Gasteiger partial charge in [0.1, 0.15) is 5.75 Å². The highest BCUT2D eigenvalue weighted by Crippen LogP contribution is 2.52. The van der Waals surface area contributed by atoms with Crippen LogP contribution in [-0.4, -0.2) is 17.1 Å². The third-order valence-electron chi connectivity index (χ3n) is 3.03. The van der Waals surface area contributed by atoms with Crippen molar-refractivity contribution in [1.82, 2.24) is 0 Å². The van der Waals surface area contributed by atoms with Crippen molar-refractivity contribution in [3.63, 3.8) is 0 Å². The van der Waals surface area contributed by atoms with Crippen LogP contribution >= 0.6 is 7.82 Å². The molecule has 22 heavy (non-hydrogen) atoms. The fraction of sp³-hybridized carbons (Fsp3) is 0.571. The lowest BCUT2D eigenvalue weighted by Crippen LogP contribution is -2.14. The molecule has 0 aliphatic heterocycles. The maximum absolute atomic E-state index is 12.7. The molecule has 7 nitrogen and oxygen atoms in total. The Morgan fingerprint density at radius 2 is 1.55 bits per heavy atom. The zero-order valence-corrected chi connectivity index (χ0v) is 14.1. The summed E-state index contributed by atoms with van der Waals surface area (Å²) in [6.07, 6.45) is 0.704. The topological polar surface area (TPSA) is 87.9 Å². The summed E-state index contributed by atoms with van der Waals surface area (Å²) in [5.74, 6) is 0.195. The minimum atomic E-state index is -3.80. The van der Waals surface area contributed by atoms with E-state index >= 15 is 0 Å². The highest BCUT2D eigenvalue weighted by molar-refractivity contribution is 7.49. The predicted molar refractivity (Wildman–Crippen MR) is 83.0 cm³/mol. The summed E-state index contributed by atoms with van der Waals surface area (Å²) in [5.41, 5.74) is -0.0760. The largest absolute Gasteiger partial charge is 0.530 e. The minimum absolute atomic E-state index is 0.0760. The Balaban J connectivity index is 2.91. The van der Waals surface area contributed by atoms with Gasteiger partial charge in [0.2, 0.25) is 0 Å². The van der Waals surface area contributed by atoms with Gasteiger partial charge in [-0.1, -0.05) is 13.8 Å². The molecule has 0 radical (unpaired) electrons. The van der Waals surface area contributed by atoms with E-state index < -0.39 is 12.7 Å². The molecule has 0 aromatic heterocycles. The molecule has 0 aliphatic carbocycles. The summed E-state index contributed by atoms with van der Waals surface area (Å²) in [4.78, 5) is 10.1. The number of non-ortho nitro benzene ring substituents is 1. The number of hydrogen-bond acceptors (Lipinski definition) is 6. The lowest BCUT2D eigenvalue weighted by Gasteiger charge is -2.23. The van der Waals surface area contributed by atoms with E-state index in [2.05, 4.69) is 0 Å². The van der Waals surface area contributed by atoms with Gasteiger partial charge in [-0.3, -0.25) is 19.2 Å². The van der Waals surface area contributed by atoms with Crippen molar-refractivity contribution in [1.29, 1.82) is 0 Å². The zero-order valence-electron chi connectivity index (χ0n) is 13.2. The van der Waals surface area contributed by atoms with E-state index in [1.807, 2.05) is 13.8 Å². The van der Waals surface area contributed by atoms with Crippen molar-refractivity contribution in [3.8, 4) is 5.75 Å². The normalized spacial score (nSPS) is 16.5. The van der Waals surface area contributed by atoms with E-state index in [4.69, 9.17) is 13.6 Å². The molecule has 0 fully saturated rings. The number of rotatable bonds is 9. The summed E-state index contributed by atoms with van der Waals surface area (Å²) >= 11 is 0. The van der Waals surface area contributed by atoms with Gasteiger partial charge < -0.3 is 4.52 Å². The number of benzene rings is 1. The second kappa shape index (κ2) is 8.27. The molecule has 0 N–H and O–H groups in total. The fourth-order valence-electron chi connectivity index (χ4n) is 1.42. The molecule has 0 heterocycles. The number of phosphoric acid groups is 1. The Morgan fingerprint density at radius 1 is 1.09 bits per heavy atom. The lowest BCUT2D eigenvalue weighted by molar-refractivity contribution is -0.384. The van der Waals surface area contributed by atoms with Crippen LogP contribution in [0, 0.1) is 10.1 Å². The number of nitrogens with zero attached hydrogens (tertiary/aromatic N) is 1. The van der Waals surface area contributed by atoms with Crippen molar-refractivity contribution < 1.29 is 23.1 Å². The lowest BCUT2D eigenvalue weighted by atomic mass is 10.3. The summed E-state index contributed by atoms with van der Waals surface area (Å²) in [7, 11) is -3.80. The van der Waals surface area contributed by atoms with Gasteiger partial charge in [0.05, 0.1) is 17.1 Å². The van der Waals surface area contributed by atoms with Crippen LogP contribution in [0.15, 0.2) is 24.3 Å². The van der Waals surface area contributed by atoms with E-state index in [1.165, 1.54) is 24.3 Å². The van der Waals surface area contributed by atoms with Gasteiger partial charge in [-0.2, -0.15) is 0 Å². The first-order valence-electron chi connectivity index (χ1n) is 7.20. The van der Waals surface area contributed by atoms with Gasteiger partial charge in [0.25, 0.3) is 5.69 Å². The Morgan fingerprint density at radius 3 is 1.91 bits per heavy atom. The van der Waals surface area contributed by atoms with E-state index in [0.29, 0.717) is 12.8 Å². The van der Waals surface area contributed by atoms with Gasteiger partial charge in [0.15, 0.2) is 0 Å². The first-order valence-corrected chi connectivity index (χ1v) is 8.66. The monoisotopic (exact) mass is 331 g/mol. The van der Waals surface area contributed by atoms with E-state index in [9.17, 15) is 14.7 Å². The van der Waals surface area contributed by atoms with Crippen molar-refractivity contribution in [2.45, 2.75) is 52.7 Å². The Bertz CT molecular complexity index is 517. The van der Waals surface area contributed by atoms with Crippen LogP contribution < -0.4 is 4.52 Å². The summed E-state index contributed by atoms with van der Waals surface area (Å²) < 4.78 is 28.9. The summed E-state index contributed by atoms with van der Waals surface area (Å²) in [6, 6.07) is 5.27. The number of hydrogen-bond donors (Lipinski definition) is 0. The molecule has 2 unspecified atom stereocenters. The summed E-state index contributed by atoms with van der Waals surface area (Å²) in [6.45, 7) is 7.33. The van der Waals surface area contributed by atoms with Gasteiger partial charge in [-0.15, -0.1) is 0 Å². The molecular formula is C14H22NO6P. The summed E-state index contributed by atoms with van der Waals surface area (Å²) in [5, 5.41) is 10.6. The van der Waals surface area contributed by atoms with E-state index in [1.54, 1.807) is 13.8 Å². The number of phosphoric ester groups is 1. The van der Waals surface area contributed by atoms with Crippen LogP contribution in [0.1, 0.15) is 40.5 Å². The highest BCUT2D eigenvalue weighted by Gasteiger charge is 2.33. The first-order chi connectivity index (χ1) is 10.3. The quantitative estimate of drug-likeness (QED) is 0.370. The van der Waals surface area contributed by atoms with Crippen molar-refractivity contribution in [3.05, 3.63) is 34.4 Å². The Kier molecular flexibility index (Phi) is 7.00. The van der Waals surface area contributed by atoms with Gasteiger partial charge in [-0.05, 0) is 38.8 Å². The van der Waals surface area contributed by atoms with Crippen molar-refractivity contribution >= 4 is 13.5 Å². The van der Waals surface area contributed by atoms with Crippen molar-refractivity contribution in [2.75, 3.05) is 0 Å². The molecule has 0 saturated carbocycles. The second-order valence-corrected chi connectivity index (χ2v) is 6.44. The van der Waals surface area contributed by atoms with Gasteiger partial charge in [-0.25, -0.2) is 4.57 Å². The molecule has 0 bridgehead atoms. The van der Waals surface area contributed by atoms with Crippen LogP contribution in [0.5, 0.6) is 5.75 Å². The first kappa shape index (κ1) is 18.6. The van der Waals surface area contributed by atoms with Crippen LogP contribution in [0.4, 0.5) is 5.69 Å². The van der Waals surface area contributed by atoms with Crippen LogP contribution in [-0.2, 0) is 13.6 Å². The fourth-order valence-corrected chi connectivity index (χ4v) is 3.11. The van der Waals surface area contributed by atoms with Crippen LogP contribution in [0.2, 0.25) is 0 Å². The molecule has 124 valence electrons. The maximum Gasteiger partial charge on any atom is 0.530 e. The SMILES string of the molecule is CCC(C)OP(=O)(Oc1ccc([N+](=O)[O-])cc1)OC(C)CC. The molecule has 0 aliphatic rings. The number of nitro groups is 1. The molecule has 0 spiro atoms. The molecule has 2 atom stereocenters. The second-order valence-electron chi connectivity index (χ2n) is 4.94. The minimum Gasteiger partial charge on any atom is -0.404 e. The maximum atomic E-state index is 12.7. The van der Waals surface area contributed by atoms with E-state index in [0.717, 1.165) is 0 Å². The van der Waals surface area contributed by atoms with Crippen molar-refractivity contribution in [2.24, 2.45) is 0 Å². The van der Waals surface area contributed by atoms with Gasteiger partial charge in [0, 0.05) is 12.1 Å². The van der Waals surface area contributed by atoms with Gasteiger partial charge >= 0.3 is 7.82 Å². The highest BCUT2D eigenvalue weighted by atomic mass is 31.2. The average Bonchev–Trinajstić information content (AvgIpc) is 2.47. The Labute approximate surface area is 130 Å².